The summed E-state index contributed by atoms with van der Waals surface area (Å²) in [6.07, 6.45) is -0.818. The second-order valence-electron chi connectivity index (χ2n) is 4.86. The van der Waals surface area contributed by atoms with Crippen LogP contribution in [0.15, 0.2) is 48.5 Å². The van der Waals surface area contributed by atoms with Gasteiger partial charge in [-0.2, -0.15) is 0 Å². The topological polar surface area (TPSA) is 76.7 Å². The smallest absolute Gasteiger partial charge is 0.279 e. The number of halogens is 1. The minimum Gasteiger partial charge on any atom is -0.496 e. The average molecular weight is 349 g/mol. The third-order valence-corrected chi connectivity index (χ3v) is 3.36. The summed E-state index contributed by atoms with van der Waals surface area (Å²) in [5.74, 6) is -0.123. The van der Waals surface area contributed by atoms with Crippen molar-refractivity contribution >= 4 is 23.4 Å². The first-order chi connectivity index (χ1) is 11.5. The zero-order chi connectivity index (χ0) is 17.5. The van der Waals surface area contributed by atoms with Gasteiger partial charge < -0.3 is 9.47 Å². The monoisotopic (exact) mass is 348 g/mol. The van der Waals surface area contributed by atoms with Crippen molar-refractivity contribution in [3.63, 3.8) is 0 Å². The van der Waals surface area contributed by atoms with Crippen LogP contribution >= 0.6 is 11.6 Å². The molecule has 6 nitrogen and oxygen atoms in total. The maximum Gasteiger partial charge on any atom is 0.279 e. The Hall–Kier alpha value is -2.73. The van der Waals surface area contributed by atoms with Crippen molar-refractivity contribution in [2.45, 2.75) is 13.0 Å². The molecule has 0 saturated heterocycles. The SMILES string of the molecule is COc1ccccc1C(=O)NNC(=O)[C@H](C)Oc1cccc(Cl)c1. The Balaban J connectivity index is 1.91. The fourth-order valence-electron chi connectivity index (χ4n) is 1.92. The molecule has 24 heavy (non-hydrogen) atoms. The van der Waals surface area contributed by atoms with E-state index in [1.807, 2.05) is 0 Å². The minimum atomic E-state index is -0.818. The van der Waals surface area contributed by atoms with Crippen LogP contribution in [0.25, 0.3) is 0 Å². The number of hydrazine groups is 1. The highest BCUT2D eigenvalue weighted by atomic mass is 35.5. The molecule has 0 aliphatic heterocycles. The number of hydrogen-bond acceptors (Lipinski definition) is 4. The summed E-state index contributed by atoms with van der Waals surface area (Å²) >= 11 is 5.86. The highest BCUT2D eigenvalue weighted by Crippen LogP contribution is 2.18. The molecule has 7 heteroatoms. The van der Waals surface area contributed by atoms with Crippen molar-refractivity contribution in [3.05, 3.63) is 59.1 Å². The van der Waals surface area contributed by atoms with Gasteiger partial charge >= 0.3 is 0 Å². The van der Waals surface area contributed by atoms with Gasteiger partial charge in [-0.1, -0.05) is 29.8 Å². The van der Waals surface area contributed by atoms with E-state index >= 15 is 0 Å². The fraction of sp³-hybridized carbons (Fsp3) is 0.176. The number of benzene rings is 2. The molecule has 0 aliphatic rings. The maximum atomic E-state index is 12.1. The van der Waals surface area contributed by atoms with Crippen molar-refractivity contribution < 1.29 is 19.1 Å². The Labute approximate surface area is 144 Å². The lowest BCUT2D eigenvalue weighted by molar-refractivity contribution is -0.128. The number of hydrogen-bond donors (Lipinski definition) is 2. The number of carbonyl (C=O) groups is 2. The zero-order valence-corrected chi connectivity index (χ0v) is 14.0. The van der Waals surface area contributed by atoms with Crippen LogP contribution in [0.5, 0.6) is 11.5 Å². The average Bonchev–Trinajstić information content (AvgIpc) is 2.59. The summed E-state index contributed by atoms with van der Waals surface area (Å²) in [7, 11) is 1.46. The molecule has 0 radical (unpaired) electrons. The molecule has 0 aromatic heterocycles. The van der Waals surface area contributed by atoms with Crippen molar-refractivity contribution in [1.29, 1.82) is 0 Å². The normalized spacial score (nSPS) is 11.3. The number of methoxy groups -OCH3 is 1. The molecular weight excluding hydrogens is 332 g/mol. The van der Waals surface area contributed by atoms with Gasteiger partial charge in [-0.25, -0.2) is 0 Å². The largest absolute Gasteiger partial charge is 0.496 e. The molecule has 2 aromatic carbocycles. The van der Waals surface area contributed by atoms with Gasteiger partial charge in [0.2, 0.25) is 0 Å². The van der Waals surface area contributed by atoms with Gasteiger partial charge in [-0.05, 0) is 37.3 Å². The molecule has 0 saturated carbocycles. The third-order valence-electron chi connectivity index (χ3n) is 3.13. The standard InChI is InChI=1S/C17H17ClN2O4/c1-11(24-13-7-5-6-12(18)10-13)16(21)19-20-17(22)14-8-3-4-9-15(14)23-2/h3-11H,1-2H3,(H,19,21)(H,20,22)/t11-/m0/s1. The van der Waals surface area contributed by atoms with Crippen LogP contribution in [0.2, 0.25) is 5.02 Å². The first kappa shape index (κ1) is 17.6. The predicted molar refractivity (Wildman–Crippen MR) is 90.1 cm³/mol. The molecule has 0 unspecified atom stereocenters. The number of amides is 2. The van der Waals surface area contributed by atoms with Crippen LogP contribution in [0.4, 0.5) is 0 Å². The van der Waals surface area contributed by atoms with E-state index in [9.17, 15) is 9.59 Å². The van der Waals surface area contributed by atoms with E-state index in [0.29, 0.717) is 22.1 Å². The molecule has 2 amide bonds. The van der Waals surface area contributed by atoms with Crippen molar-refractivity contribution in [3.8, 4) is 11.5 Å². The highest BCUT2D eigenvalue weighted by Gasteiger charge is 2.17. The van der Waals surface area contributed by atoms with E-state index in [1.54, 1.807) is 55.5 Å². The van der Waals surface area contributed by atoms with Crippen LogP contribution in [0.1, 0.15) is 17.3 Å². The minimum absolute atomic E-state index is 0.309. The summed E-state index contributed by atoms with van der Waals surface area (Å²) in [6, 6.07) is 13.4. The molecule has 1 atom stereocenters. The van der Waals surface area contributed by atoms with E-state index in [-0.39, 0.29) is 0 Å². The first-order valence-electron chi connectivity index (χ1n) is 7.16. The summed E-state index contributed by atoms with van der Waals surface area (Å²) in [5.41, 5.74) is 4.95. The lowest BCUT2D eigenvalue weighted by Crippen LogP contribution is -2.47. The van der Waals surface area contributed by atoms with Crippen LogP contribution in [0.3, 0.4) is 0 Å². The van der Waals surface area contributed by atoms with Gasteiger partial charge in [0, 0.05) is 5.02 Å². The van der Waals surface area contributed by atoms with E-state index in [4.69, 9.17) is 21.1 Å². The van der Waals surface area contributed by atoms with Gasteiger partial charge in [0.15, 0.2) is 6.10 Å². The Bertz CT molecular complexity index is 736. The highest BCUT2D eigenvalue weighted by molar-refractivity contribution is 6.30. The number of ether oxygens (including phenoxy) is 2. The lowest BCUT2D eigenvalue weighted by Gasteiger charge is -2.15. The summed E-state index contributed by atoms with van der Waals surface area (Å²) in [4.78, 5) is 24.1. The van der Waals surface area contributed by atoms with E-state index in [0.717, 1.165) is 0 Å². The summed E-state index contributed by atoms with van der Waals surface area (Å²) < 4.78 is 10.6. The van der Waals surface area contributed by atoms with Crippen LogP contribution in [-0.4, -0.2) is 25.0 Å². The Morgan fingerprint density at radius 1 is 1.08 bits per heavy atom. The summed E-state index contributed by atoms with van der Waals surface area (Å²) in [5, 5.41) is 0.504. The number of rotatable bonds is 5. The van der Waals surface area contributed by atoms with E-state index < -0.39 is 17.9 Å². The molecule has 2 aromatic rings. The molecule has 0 heterocycles. The van der Waals surface area contributed by atoms with Gasteiger partial charge in [-0.3, -0.25) is 20.4 Å². The Morgan fingerprint density at radius 3 is 2.54 bits per heavy atom. The molecule has 126 valence electrons. The molecule has 2 rings (SSSR count). The second kappa shape index (κ2) is 8.21. The first-order valence-corrected chi connectivity index (χ1v) is 7.54. The summed E-state index contributed by atoms with van der Waals surface area (Å²) in [6.45, 7) is 1.56. The van der Waals surface area contributed by atoms with E-state index in [1.165, 1.54) is 7.11 Å². The zero-order valence-electron chi connectivity index (χ0n) is 13.2. The Kier molecular flexibility index (Phi) is 6.03. The lowest BCUT2D eigenvalue weighted by atomic mass is 10.2. The van der Waals surface area contributed by atoms with Crippen molar-refractivity contribution in [2.75, 3.05) is 7.11 Å². The van der Waals surface area contributed by atoms with Gasteiger partial charge in [0.05, 0.1) is 12.7 Å². The second-order valence-corrected chi connectivity index (χ2v) is 5.30. The molecule has 0 spiro atoms. The Morgan fingerprint density at radius 2 is 1.83 bits per heavy atom. The third kappa shape index (κ3) is 4.63. The molecule has 0 fully saturated rings. The maximum absolute atomic E-state index is 12.1. The fourth-order valence-corrected chi connectivity index (χ4v) is 2.10. The van der Waals surface area contributed by atoms with Crippen LogP contribution in [0, 0.1) is 0 Å². The van der Waals surface area contributed by atoms with Crippen molar-refractivity contribution in [2.24, 2.45) is 0 Å². The number of nitrogens with one attached hydrogen (secondary N) is 2. The van der Waals surface area contributed by atoms with Crippen molar-refractivity contribution in [1.82, 2.24) is 10.9 Å². The molecule has 0 bridgehead atoms. The van der Waals surface area contributed by atoms with Gasteiger partial charge in [0.1, 0.15) is 11.5 Å². The molecule has 0 aliphatic carbocycles. The number of carbonyl (C=O) groups excluding carboxylic acids is 2. The van der Waals surface area contributed by atoms with E-state index in [2.05, 4.69) is 10.9 Å². The quantitative estimate of drug-likeness (QED) is 0.814. The van der Waals surface area contributed by atoms with Crippen LogP contribution in [-0.2, 0) is 4.79 Å². The number of para-hydroxylation sites is 1. The van der Waals surface area contributed by atoms with Gasteiger partial charge in [-0.15, -0.1) is 0 Å². The predicted octanol–water partition coefficient (Wildman–Crippen LogP) is 2.58. The van der Waals surface area contributed by atoms with Gasteiger partial charge in [0.25, 0.3) is 11.8 Å². The molecule has 2 N–H and O–H groups in total. The molecular formula is C17H17ClN2O4. The van der Waals surface area contributed by atoms with Crippen LogP contribution < -0.4 is 20.3 Å².